The summed E-state index contributed by atoms with van der Waals surface area (Å²) in [5.74, 6) is -4.79. The van der Waals surface area contributed by atoms with Crippen molar-refractivity contribution < 1.29 is 62.6 Å². The van der Waals surface area contributed by atoms with Gasteiger partial charge in [0.05, 0.1) is 24.5 Å². The van der Waals surface area contributed by atoms with Crippen LogP contribution in [0.1, 0.15) is 60.6 Å². The molecule has 0 amide bonds. The van der Waals surface area contributed by atoms with Crippen molar-refractivity contribution in [3.8, 4) is 11.5 Å². The van der Waals surface area contributed by atoms with Crippen LogP contribution in [-0.2, 0) is 54.8 Å². The van der Waals surface area contributed by atoms with Crippen LogP contribution >= 0.6 is 0 Å². The van der Waals surface area contributed by atoms with Crippen LogP contribution in [0, 0.1) is 0 Å². The normalized spacial score (nSPS) is 25.0. The second kappa shape index (κ2) is 14.3. The molecule has 0 aromatic heterocycles. The first-order valence-electron chi connectivity index (χ1n) is 17.5. The number of likely N-dealkylation sites (tertiary alicyclic amines) is 1. The van der Waals surface area contributed by atoms with E-state index in [0.29, 0.717) is 30.9 Å². The van der Waals surface area contributed by atoms with Crippen molar-refractivity contribution in [1.29, 1.82) is 0 Å². The van der Waals surface area contributed by atoms with E-state index in [9.17, 15) is 34.2 Å². The van der Waals surface area contributed by atoms with E-state index in [1.807, 2.05) is 19.2 Å². The Kier molecular flexibility index (Phi) is 9.66. The van der Waals surface area contributed by atoms with Crippen molar-refractivity contribution in [2.45, 2.75) is 74.1 Å². The van der Waals surface area contributed by atoms with Gasteiger partial charge < -0.3 is 43.5 Å². The number of piperidine rings is 1. The average molecular weight is 742 g/mol. The third-order valence-corrected chi connectivity index (χ3v) is 10.8. The van der Waals surface area contributed by atoms with E-state index in [4.69, 9.17) is 28.4 Å². The van der Waals surface area contributed by atoms with E-state index in [1.165, 1.54) is 31.4 Å². The highest BCUT2D eigenvalue weighted by molar-refractivity contribution is 5.88. The Labute approximate surface area is 310 Å². The number of benzene rings is 3. The van der Waals surface area contributed by atoms with Gasteiger partial charge in [-0.05, 0) is 44.1 Å². The number of carboxylic acids is 1. The molecule has 7 rings (SSSR count). The Bertz CT molecular complexity index is 2020. The Hall–Kier alpha value is -5.73. The van der Waals surface area contributed by atoms with Crippen LogP contribution in [0.3, 0.4) is 0 Å². The summed E-state index contributed by atoms with van der Waals surface area (Å²) in [6, 6.07) is 19.0. The van der Waals surface area contributed by atoms with Gasteiger partial charge in [0.15, 0.2) is 17.6 Å². The van der Waals surface area contributed by atoms with Crippen LogP contribution in [0.5, 0.6) is 11.5 Å². The summed E-state index contributed by atoms with van der Waals surface area (Å²) in [5.41, 5.74) is -0.0799. The molecule has 2 bridgehead atoms. The monoisotopic (exact) mass is 741 g/mol. The van der Waals surface area contributed by atoms with E-state index >= 15 is 0 Å². The van der Waals surface area contributed by atoms with E-state index < -0.39 is 71.7 Å². The van der Waals surface area contributed by atoms with Gasteiger partial charge in [-0.2, -0.15) is 0 Å². The summed E-state index contributed by atoms with van der Waals surface area (Å²) in [6.07, 6.45) is -4.27. The molecule has 3 aromatic rings. The molecule has 2 aliphatic carbocycles. The van der Waals surface area contributed by atoms with Gasteiger partial charge >= 0.3 is 29.8 Å². The van der Waals surface area contributed by atoms with Crippen LogP contribution in [0.2, 0.25) is 0 Å². The molecule has 0 saturated carbocycles. The molecule has 282 valence electrons. The van der Waals surface area contributed by atoms with Gasteiger partial charge in [0.2, 0.25) is 18.3 Å². The number of hydrogen-bond donors (Lipinski definition) is 2. The lowest BCUT2D eigenvalue weighted by Gasteiger charge is -2.61. The molecule has 14 nitrogen and oxygen atoms in total. The van der Waals surface area contributed by atoms with Gasteiger partial charge in [-0.25, -0.2) is 14.4 Å². The zero-order chi connectivity index (χ0) is 38.4. The fourth-order valence-electron chi connectivity index (χ4n) is 8.42. The predicted molar refractivity (Wildman–Crippen MR) is 186 cm³/mol. The van der Waals surface area contributed by atoms with Gasteiger partial charge in [-0.3, -0.25) is 9.59 Å². The van der Waals surface area contributed by atoms with Crippen molar-refractivity contribution in [2.75, 3.05) is 20.7 Å². The van der Waals surface area contributed by atoms with Crippen LogP contribution in [0.25, 0.3) is 0 Å². The number of esters is 4. The number of aliphatic hydroxyl groups is 1. The second-order valence-corrected chi connectivity index (χ2v) is 13.9. The van der Waals surface area contributed by atoms with Crippen molar-refractivity contribution in [1.82, 2.24) is 4.90 Å². The van der Waals surface area contributed by atoms with E-state index in [1.54, 1.807) is 42.5 Å². The molecule has 1 spiro atoms. The summed E-state index contributed by atoms with van der Waals surface area (Å²) in [4.78, 5) is 67.2. The molecule has 2 aliphatic heterocycles. The number of ether oxygens (including phenoxy) is 6. The lowest BCUT2D eigenvalue weighted by Crippen LogP contribution is -2.74. The molecule has 54 heavy (non-hydrogen) atoms. The molecular weight excluding hydrogens is 702 g/mol. The summed E-state index contributed by atoms with van der Waals surface area (Å²) < 4.78 is 34.1. The highest BCUT2D eigenvalue weighted by Crippen LogP contribution is 2.65. The molecule has 2 N–H and O–H groups in total. The van der Waals surface area contributed by atoms with Crippen molar-refractivity contribution in [3.63, 3.8) is 0 Å². The van der Waals surface area contributed by atoms with Crippen LogP contribution < -0.4 is 9.47 Å². The number of carboxylic acid groups (broad SMARTS) is 1. The second-order valence-electron chi connectivity index (χ2n) is 13.9. The molecule has 7 atom stereocenters. The number of likely N-dealkylation sites (N-methyl/N-ethyl adjacent to an activating group) is 1. The highest BCUT2D eigenvalue weighted by Gasteiger charge is 2.72. The molecule has 2 heterocycles. The van der Waals surface area contributed by atoms with Gasteiger partial charge in [0, 0.05) is 36.1 Å². The van der Waals surface area contributed by atoms with Crippen LogP contribution in [0.4, 0.5) is 0 Å². The zero-order valence-electron chi connectivity index (χ0n) is 29.8. The summed E-state index contributed by atoms with van der Waals surface area (Å²) in [6.45, 7) is 1.68. The Balaban J connectivity index is 1.12. The minimum Gasteiger partial charge on any atom is -0.493 e. The van der Waals surface area contributed by atoms with E-state index in [0.717, 1.165) is 18.1 Å². The molecular formula is C40H39NO13. The van der Waals surface area contributed by atoms with Crippen molar-refractivity contribution in [2.24, 2.45) is 0 Å². The maximum atomic E-state index is 13.7. The largest absolute Gasteiger partial charge is 0.493 e. The smallest absolute Gasteiger partial charge is 0.353 e. The lowest BCUT2D eigenvalue weighted by atomic mass is 9.50. The Morgan fingerprint density at radius 3 is 2.19 bits per heavy atom. The van der Waals surface area contributed by atoms with Crippen molar-refractivity contribution >= 4 is 29.8 Å². The van der Waals surface area contributed by atoms with Crippen LogP contribution in [0.15, 0.2) is 84.6 Å². The number of carbonyl (C=O) groups is 5. The van der Waals surface area contributed by atoms with Crippen molar-refractivity contribution in [3.05, 3.63) is 107 Å². The minimum absolute atomic E-state index is 0.125. The maximum absolute atomic E-state index is 13.7. The Morgan fingerprint density at radius 2 is 1.56 bits per heavy atom. The first-order chi connectivity index (χ1) is 25.9. The summed E-state index contributed by atoms with van der Waals surface area (Å²) >= 11 is 0. The molecule has 3 aromatic carbocycles. The number of aliphatic carboxylic acids is 1. The third-order valence-electron chi connectivity index (χ3n) is 10.8. The number of hydrogen-bond acceptors (Lipinski definition) is 13. The quantitative estimate of drug-likeness (QED) is 0.203. The van der Waals surface area contributed by atoms with E-state index in [-0.39, 0.29) is 29.3 Å². The topological polar surface area (TPSA) is 184 Å². The molecule has 1 saturated heterocycles. The average Bonchev–Trinajstić information content (AvgIpc) is 3.51. The zero-order valence-corrected chi connectivity index (χ0v) is 29.8. The number of carbonyl (C=O) groups excluding carboxylic acids is 4. The standard InChI is InChI=1S/C40H39NO13/c1-22(42)50-28(37(46)54-33(24-12-8-5-9-13-24)38(47)53-32(36(44)45)23-10-6-4-7-11-23)21-30(43)51-27-16-17-40(48)29-20-25-14-15-26(49-3)34-31(25)39(40,35(27)52-34)18-19-41(29)2/h4-16,28-29,32-33,35,48H,17-21H2,1-3H3,(H,44,45)/t28-,29+,32-,33-,35-,39-,40+/m0/s1. The fraction of sp³-hybridized carbons (Fsp3) is 0.375. The van der Waals surface area contributed by atoms with Gasteiger partial charge in [0.25, 0.3) is 0 Å². The maximum Gasteiger partial charge on any atom is 0.353 e. The first kappa shape index (κ1) is 36.6. The summed E-state index contributed by atoms with van der Waals surface area (Å²) in [5, 5.41) is 22.3. The Morgan fingerprint density at radius 1 is 0.907 bits per heavy atom. The summed E-state index contributed by atoms with van der Waals surface area (Å²) in [7, 11) is 3.49. The van der Waals surface area contributed by atoms with Gasteiger partial charge in [-0.1, -0.05) is 66.7 Å². The lowest BCUT2D eigenvalue weighted by molar-refractivity contribution is -0.185. The van der Waals surface area contributed by atoms with Crippen LogP contribution in [-0.4, -0.2) is 89.5 Å². The number of rotatable bonds is 12. The molecule has 4 aliphatic rings. The number of methoxy groups -OCH3 is 1. The molecule has 14 heteroatoms. The third kappa shape index (κ3) is 6.14. The minimum atomic E-state index is -1.87. The highest BCUT2D eigenvalue weighted by atomic mass is 16.6. The van der Waals surface area contributed by atoms with E-state index in [2.05, 4.69) is 4.90 Å². The molecule has 0 radical (unpaired) electrons. The first-order valence-corrected chi connectivity index (χ1v) is 17.5. The number of nitrogens with zero attached hydrogens (tertiary/aromatic N) is 1. The predicted octanol–water partition coefficient (Wildman–Crippen LogP) is 3.49. The van der Waals surface area contributed by atoms with Gasteiger partial charge in [0.1, 0.15) is 5.76 Å². The molecule has 0 unspecified atom stereocenters. The fourth-order valence-corrected chi connectivity index (χ4v) is 8.42. The van der Waals surface area contributed by atoms with Gasteiger partial charge in [-0.15, -0.1) is 0 Å². The molecule has 1 fully saturated rings. The SMILES string of the molecule is COc1ccc2c3c1O[C@H]1C(OC(=O)C[C@H](OC(C)=O)C(=O)O[C@H](C(=O)O[C@H](C(=O)O)c4ccccc4)c4ccccc4)=CC[C@@]4(O)[C@@H](C2)N(C)CC[C@]314.